The number of fused-ring (bicyclic) bond motifs is 2. The average Bonchev–Trinajstić information content (AvgIpc) is 2.79. The number of hydrogen-bond donors (Lipinski definition) is 0. The second-order valence-electron chi connectivity index (χ2n) is 7.19. The van der Waals surface area contributed by atoms with E-state index in [2.05, 4.69) is 20.8 Å². The molecule has 3 rings (SSSR count). The first-order valence-electron chi connectivity index (χ1n) is 7.81. The van der Waals surface area contributed by atoms with Crippen LogP contribution in [0.1, 0.15) is 40.0 Å². The van der Waals surface area contributed by atoms with Crippen LogP contribution in [0.15, 0.2) is 30.3 Å². The fourth-order valence-electron chi connectivity index (χ4n) is 4.16. The van der Waals surface area contributed by atoms with Crippen molar-refractivity contribution in [2.75, 3.05) is 6.61 Å². The van der Waals surface area contributed by atoms with Crippen molar-refractivity contribution in [3.63, 3.8) is 0 Å². The van der Waals surface area contributed by atoms with Crippen molar-refractivity contribution in [1.82, 2.24) is 0 Å². The summed E-state index contributed by atoms with van der Waals surface area (Å²) in [7, 11) is 0. The van der Waals surface area contributed by atoms with Gasteiger partial charge in [-0.15, -0.1) is 0 Å². The molecule has 0 N–H and O–H groups in total. The summed E-state index contributed by atoms with van der Waals surface area (Å²) in [6.07, 6.45) is 3.46. The Morgan fingerprint density at radius 2 is 1.95 bits per heavy atom. The van der Waals surface area contributed by atoms with E-state index in [-0.39, 0.29) is 29.5 Å². The first-order chi connectivity index (χ1) is 9.93. The monoisotopic (exact) mass is 288 g/mol. The normalized spacial score (nSPS) is 32.9. The first kappa shape index (κ1) is 14.4. The van der Waals surface area contributed by atoms with Gasteiger partial charge in [0.25, 0.3) is 0 Å². The molecule has 0 radical (unpaired) electrons. The minimum absolute atomic E-state index is 0.0122. The summed E-state index contributed by atoms with van der Waals surface area (Å²) < 4.78 is 11.2. The number of hydrogen-bond acceptors (Lipinski definition) is 3. The molecule has 2 bridgehead atoms. The molecule has 114 valence electrons. The maximum Gasteiger partial charge on any atom is 0.344 e. The molecular weight excluding hydrogens is 264 g/mol. The van der Waals surface area contributed by atoms with Crippen LogP contribution in [-0.4, -0.2) is 18.7 Å². The van der Waals surface area contributed by atoms with Gasteiger partial charge in [0.05, 0.1) is 0 Å². The van der Waals surface area contributed by atoms with Crippen LogP contribution < -0.4 is 4.74 Å². The molecule has 2 fully saturated rings. The number of para-hydroxylation sites is 1. The van der Waals surface area contributed by atoms with Crippen molar-refractivity contribution in [2.24, 2.45) is 16.7 Å². The molecule has 0 amide bonds. The summed E-state index contributed by atoms with van der Waals surface area (Å²) in [6.45, 7) is 6.90. The molecule has 21 heavy (non-hydrogen) atoms. The molecule has 0 aliphatic heterocycles. The van der Waals surface area contributed by atoms with Crippen LogP contribution in [0.4, 0.5) is 0 Å². The minimum atomic E-state index is -0.256. The molecular formula is C18H24O3. The van der Waals surface area contributed by atoms with Gasteiger partial charge in [-0.3, -0.25) is 0 Å². The van der Waals surface area contributed by atoms with E-state index in [0.29, 0.717) is 11.7 Å². The topological polar surface area (TPSA) is 35.5 Å². The van der Waals surface area contributed by atoms with Gasteiger partial charge in [0, 0.05) is 5.41 Å². The second kappa shape index (κ2) is 5.04. The van der Waals surface area contributed by atoms with E-state index in [1.54, 1.807) is 0 Å². The van der Waals surface area contributed by atoms with Crippen LogP contribution in [0.2, 0.25) is 0 Å². The molecule has 3 nitrogen and oxygen atoms in total. The Hall–Kier alpha value is -1.51. The molecule has 0 aromatic heterocycles. The van der Waals surface area contributed by atoms with Gasteiger partial charge in [0.2, 0.25) is 0 Å². The molecule has 2 aliphatic carbocycles. The maximum absolute atomic E-state index is 12.1. The van der Waals surface area contributed by atoms with Gasteiger partial charge in [-0.1, -0.05) is 39.0 Å². The fourth-order valence-corrected chi connectivity index (χ4v) is 4.16. The van der Waals surface area contributed by atoms with Crippen molar-refractivity contribution < 1.29 is 14.3 Å². The van der Waals surface area contributed by atoms with Crippen LogP contribution in [0.5, 0.6) is 5.75 Å². The van der Waals surface area contributed by atoms with Crippen molar-refractivity contribution in [3.05, 3.63) is 30.3 Å². The van der Waals surface area contributed by atoms with E-state index in [1.165, 1.54) is 6.42 Å². The smallest absolute Gasteiger partial charge is 0.344 e. The Bertz CT molecular complexity index is 523. The lowest BCUT2D eigenvalue weighted by Crippen LogP contribution is -2.39. The standard InChI is InChI=1S/C18H24O3/c1-17(2)13-9-10-18(17,3)15(11-13)21-16(19)12-20-14-7-5-4-6-8-14/h4-8,13,15H,9-12H2,1-3H3. The highest BCUT2D eigenvalue weighted by Crippen LogP contribution is 2.66. The molecule has 0 spiro atoms. The second-order valence-corrected chi connectivity index (χ2v) is 7.19. The molecule has 0 saturated heterocycles. The summed E-state index contributed by atoms with van der Waals surface area (Å²) in [5, 5.41) is 0. The lowest BCUT2D eigenvalue weighted by molar-refractivity contribution is -0.159. The Balaban J connectivity index is 1.57. The van der Waals surface area contributed by atoms with E-state index < -0.39 is 0 Å². The molecule has 2 aliphatic rings. The minimum Gasteiger partial charge on any atom is -0.482 e. The number of ether oxygens (including phenoxy) is 2. The van der Waals surface area contributed by atoms with Gasteiger partial charge in [0.1, 0.15) is 11.9 Å². The summed E-state index contributed by atoms with van der Waals surface area (Å²) in [6, 6.07) is 9.38. The van der Waals surface area contributed by atoms with Crippen LogP contribution in [-0.2, 0) is 9.53 Å². The van der Waals surface area contributed by atoms with Crippen molar-refractivity contribution in [1.29, 1.82) is 0 Å². The average molecular weight is 288 g/mol. The van der Waals surface area contributed by atoms with Crippen LogP contribution in [0.25, 0.3) is 0 Å². The zero-order valence-electron chi connectivity index (χ0n) is 13.1. The van der Waals surface area contributed by atoms with Crippen LogP contribution in [0.3, 0.4) is 0 Å². The summed E-state index contributed by atoms with van der Waals surface area (Å²) in [5.74, 6) is 1.12. The van der Waals surface area contributed by atoms with E-state index >= 15 is 0 Å². The number of benzene rings is 1. The van der Waals surface area contributed by atoms with Crippen molar-refractivity contribution >= 4 is 5.97 Å². The molecule has 1 aromatic rings. The Labute approximate surface area is 126 Å². The molecule has 1 aromatic carbocycles. The highest BCUT2D eigenvalue weighted by molar-refractivity contribution is 5.71. The van der Waals surface area contributed by atoms with Gasteiger partial charge < -0.3 is 9.47 Å². The van der Waals surface area contributed by atoms with Gasteiger partial charge in [-0.05, 0) is 42.7 Å². The number of carbonyl (C=O) groups excluding carboxylic acids is 1. The molecule has 3 atom stereocenters. The molecule has 2 saturated carbocycles. The van der Waals surface area contributed by atoms with E-state index in [1.807, 2.05) is 30.3 Å². The van der Waals surface area contributed by atoms with Crippen molar-refractivity contribution in [3.8, 4) is 5.75 Å². The van der Waals surface area contributed by atoms with E-state index in [0.717, 1.165) is 12.8 Å². The number of rotatable bonds is 4. The predicted octanol–water partition coefficient (Wildman–Crippen LogP) is 3.82. The molecule has 0 heterocycles. The Morgan fingerprint density at radius 3 is 2.52 bits per heavy atom. The highest BCUT2D eigenvalue weighted by atomic mass is 16.6. The third-order valence-electron chi connectivity index (χ3n) is 6.09. The maximum atomic E-state index is 12.1. The largest absolute Gasteiger partial charge is 0.482 e. The third kappa shape index (κ3) is 2.33. The molecule has 3 heteroatoms. The zero-order chi connectivity index (χ0) is 15.1. The van der Waals surface area contributed by atoms with E-state index in [4.69, 9.17) is 9.47 Å². The van der Waals surface area contributed by atoms with Gasteiger partial charge >= 0.3 is 5.97 Å². The summed E-state index contributed by atoms with van der Waals surface area (Å²) >= 11 is 0. The van der Waals surface area contributed by atoms with Crippen LogP contribution in [0, 0.1) is 16.7 Å². The quantitative estimate of drug-likeness (QED) is 0.790. The van der Waals surface area contributed by atoms with Gasteiger partial charge in [0.15, 0.2) is 6.61 Å². The Kier molecular flexibility index (Phi) is 3.46. The predicted molar refractivity (Wildman–Crippen MR) is 81.0 cm³/mol. The van der Waals surface area contributed by atoms with Gasteiger partial charge in [-0.2, -0.15) is 0 Å². The Morgan fingerprint density at radius 1 is 1.24 bits per heavy atom. The fraction of sp³-hybridized carbons (Fsp3) is 0.611. The molecule has 3 unspecified atom stereocenters. The number of esters is 1. The summed E-state index contributed by atoms with van der Waals surface area (Å²) in [4.78, 5) is 12.1. The van der Waals surface area contributed by atoms with Crippen molar-refractivity contribution in [2.45, 2.75) is 46.1 Å². The van der Waals surface area contributed by atoms with E-state index in [9.17, 15) is 4.79 Å². The highest BCUT2D eigenvalue weighted by Gasteiger charge is 2.62. The van der Waals surface area contributed by atoms with Gasteiger partial charge in [-0.25, -0.2) is 4.79 Å². The lowest BCUT2D eigenvalue weighted by Gasteiger charge is -2.38. The summed E-state index contributed by atoms with van der Waals surface area (Å²) in [5.41, 5.74) is 0.373. The zero-order valence-corrected chi connectivity index (χ0v) is 13.1. The number of carbonyl (C=O) groups is 1. The van der Waals surface area contributed by atoms with Crippen LogP contribution >= 0.6 is 0 Å². The first-order valence-corrected chi connectivity index (χ1v) is 7.81. The lowest BCUT2D eigenvalue weighted by atomic mass is 9.70. The SMILES string of the molecule is CC1(C)C2CCC1(C)C(OC(=O)COc1ccccc1)C2. The third-order valence-corrected chi connectivity index (χ3v) is 6.09.